The Hall–Kier alpha value is -4.09. The molecule has 5 rings (SSSR count). The van der Waals surface area contributed by atoms with Crippen LogP contribution in [0.25, 0.3) is 33.3 Å². The fourth-order valence-electron chi connectivity index (χ4n) is 3.83. The number of hydrogen-bond acceptors (Lipinski definition) is 2. The van der Waals surface area contributed by atoms with Crippen LogP contribution >= 0.6 is 11.6 Å². The number of carbonyl (C=O) groups is 1. The van der Waals surface area contributed by atoms with Gasteiger partial charge in [0.2, 0.25) is 0 Å². The molecular weight excluding hydrogens is 422 g/mol. The van der Waals surface area contributed by atoms with Crippen LogP contribution in [0.2, 0.25) is 5.02 Å². The van der Waals surface area contributed by atoms with Crippen LogP contribution in [0.5, 0.6) is 0 Å². The first-order chi connectivity index (χ1) is 15.6. The average Bonchev–Trinajstić information content (AvgIpc) is 3.18. The molecule has 156 valence electrons. The number of anilines is 1. The van der Waals surface area contributed by atoms with Gasteiger partial charge in [-0.05, 0) is 54.1 Å². The first-order valence-corrected chi connectivity index (χ1v) is 10.4. The summed E-state index contributed by atoms with van der Waals surface area (Å²) in [6, 6.07) is 25.9. The van der Waals surface area contributed by atoms with Crippen molar-refractivity contribution in [1.29, 1.82) is 0 Å². The van der Waals surface area contributed by atoms with Gasteiger partial charge >= 0.3 is 0 Å². The van der Waals surface area contributed by atoms with Gasteiger partial charge in [0.05, 0.1) is 11.3 Å². The van der Waals surface area contributed by atoms with Gasteiger partial charge in [0, 0.05) is 38.9 Å². The fraction of sp³-hybridized carbons (Fsp3) is 0. The minimum absolute atomic E-state index is 0.185. The van der Waals surface area contributed by atoms with Gasteiger partial charge in [-0.15, -0.1) is 0 Å². The van der Waals surface area contributed by atoms with Gasteiger partial charge in [0.1, 0.15) is 0 Å². The standard InChI is InChI=1S/C26H18ClN3O2/c27-18-8-4-9-19(15-18)29-25(31)17-11-12-22-21(14-17)23(16-6-2-1-3-7-16)24(30-22)20-10-5-13-28-26(20)32/h1-15,30H,(H,28,32)(H,29,31). The van der Waals surface area contributed by atoms with Gasteiger partial charge in [-0.2, -0.15) is 0 Å². The number of carbonyl (C=O) groups excluding carboxylic acids is 1. The molecule has 0 aliphatic heterocycles. The van der Waals surface area contributed by atoms with E-state index in [2.05, 4.69) is 15.3 Å². The number of pyridine rings is 1. The molecule has 0 aliphatic carbocycles. The molecule has 0 saturated heterocycles. The number of hydrogen-bond donors (Lipinski definition) is 3. The van der Waals surface area contributed by atoms with Crippen molar-refractivity contribution in [3.8, 4) is 22.4 Å². The lowest BCUT2D eigenvalue weighted by molar-refractivity contribution is 0.102. The molecular formula is C26H18ClN3O2. The molecule has 5 aromatic rings. The summed E-state index contributed by atoms with van der Waals surface area (Å²) in [6.45, 7) is 0. The Morgan fingerprint density at radius 2 is 1.72 bits per heavy atom. The third-order valence-corrected chi connectivity index (χ3v) is 5.53. The highest BCUT2D eigenvalue weighted by Crippen LogP contribution is 2.37. The van der Waals surface area contributed by atoms with E-state index in [1.807, 2.05) is 42.5 Å². The van der Waals surface area contributed by atoms with Crippen molar-refractivity contribution < 1.29 is 4.79 Å². The number of benzene rings is 3. The monoisotopic (exact) mass is 439 g/mol. The zero-order chi connectivity index (χ0) is 22.1. The van der Waals surface area contributed by atoms with E-state index in [0.29, 0.717) is 27.5 Å². The maximum absolute atomic E-state index is 12.9. The van der Waals surface area contributed by atoms with Crippen LogP contribution in [0.1, 0.15) is 10.4 Å². The quantitative estimate of drug-likeness (QED) is 0.316. The lowest BCUT2D eigenvalue weighted by atomic mass is 9.98. The number of H-pyrrole nitrogens is 2. The summed E-state index contributed by atoms with van der Waals surface area (Å²) >= 11 is 6.03. The molecule has 0 bridgehead atoms. The Bertz CT molecular complexity index is 1500. The summed E-state index contributed by atoms with van der Waals surface area (Å²) in [5.74, 6) is -0.242. The second-order valence-electron chi connectivity index (χ2n) is 7.38. The van der Waals surface area contributed by atoms with Gasteiger partial charge in [-0.25, -0.2) is 0 Å². The predicted octanol–water partition coefficient (Wildman–Crippen LogP) is 6.10. The number of halogens is 1. The zero-order valence-electron chi connectivity index (χ0n) is 16.9. The first kappa shape index (κ1) is 19.8. The Balaban J connectivity index is 1.66. The van der Waals surface area contributed by atoms with E-state index >= 15 is 0 Å². The van der Waals surface area contributed by atoms with Crippen LogP contribution in [-0.2, 0) is 0 Å². The molecule has 32 heavy (non-hydrogen) atoms. The summed E-state index contributed by atoms with van der Waals surface area (Å²) < 4.78 is 0. The highest BCUT2D eigenvalue weighted by Gasteiger charge is 2.18. The molecule has 2 heterocycles. The number of fused-ring (bicyclic) bond motifs is 1. The van der Waals surface area contributed by atoms with Gasteiger partial charge in [-0.3, -0.25) is 9.59 Å². The van der Waals surface area contributed by atoms with E-state index in [9.17, 15) is 9.59 Å². The van der Waals surface area contributed by atoms with Crippen molar-refractivity contribution in [3.05, 3.63) is 112 Å². The normalized spacial score (nSPS) is 10.9. The molecule has 0 atom stereocenters. The topological polar surface area (TPSA) is 77.8 Å². The van der Waals surface area contributed by atoms with E-state index in [4.69, 9.17) is 11.6 Å². The van der Waals surface area contributed by atoms with E-state index in [1.54, 1.807) is 48.7 Å². The molecule has 0 aliphatic rings. The molecule has 2 aromatic heterocycles. The van der Waals surface area contributed by atoms with Crippen molar-refractivity contribution in [2.45, 2.75) is 0 Å². The Morgan fingerprint density at radius 3 is 2.50 bits per heavy atom. The Labute approximate surface area is 188 Å². The minimum atomic E-state index is -0.242. The molecule has 3 aromatic carbocycles. The van der Waals surface area contributed by atoms with E-state index in [-0.39, 0.29) is 11.5 Å². The van der Waals surface area contributed by atoms with Gasteiger partial charge in [0.25, 0.3) is 11.5 Å². The maximum Gasteiger partial charge on any atom is 0.257 e. The zero-order valence-corrected chi connectivity index (χ0v) is 17.6. The van der Waals surface area contributed by atoms with Gasteiger partial charge in [-0.1, -0.05) is 48.0 Å². The van der Waals surface area contributed by atoms with E-state index < -0.39 is 0 Å². The molecule has 0 radical (unpaired) electrons. The molecule has 3 N–H and O–H groups in total. The van der Waals surface area contributed by atoms with Crippen molar-refractivity contribution in [2.75, 3.05) is 5.32 Å². The van der Waals surface area contributed by atoms with Crippen molar-refractivity contribution in [1.82, 2.24) is 9.97 Å². The highest BCUT2D eigenvalue weighted by molar-refractivity contribution is 6.31. The third kappa shape index (κ3) is 3.70. The van der Waals surface area contributed by atoms with E-state index in [0.717, 1.165) is 22.0 Å². The summed E-state index contributed by atoms with van der Waals surface area (Å²) in [4.78, 5) is 31.6. The van der Waals surface area contributed by atoms with Crippen LogP contribution in [0.3, 0.4) is 0 Å². The summed E-state index contributed by atoms with van der Waals surface area (Å²) in [5, 5.41) is 4.29. The van der Waals surface area contributed by atoms with Crippen molar-refractivity contribution in [3.63, 3.8) is 0 Å². The fourth-order valence-corrected chi connectivity index (χ4v) is 4.02. The third-order valence-electron chi connectivity index (χ3n) is 5.29. The minimum Gasteiger partial charge on any atom is -0.354 e. The number of aromatic amines is 2. The van der Waals surface area contributed by atoms with Crippen LogP contribution in [-0.4, -0.2) is 15.9 Å². The number of rotatable bonds is 4. The molecule has 5 nitrogen and oxygen atoms in total. The van der Waals surface area contributed by atoms with E-state index in [1.165, 1.54) is 0 Å². The van der Waals surface area contributed by atoms with Crippen LogP contribution in [0.4, 0.5) is 5.69 Å². The largest absolute Gasteiger partial charge is 0.354 e. The Kier molecular flexibility index (Phi) is 5.09. The number of nitrogens with one attached hydrogen (secondary N) is 3. The highest BCUT2D eigenvalue weighted by atomic mass is 35.5. The smallest absolute Gasteiger partial charge is 0.257 e. The maximum atomic E-state index is 12.9. The molecule has 0 spiro atoms. The molecule has 0 unspecified atom stereocenters. The van der Waals surface area contributed by atoms with Crippen LogP contribution in [0.15, 0.2) is 95.9 Å². The second kappa shape index (κ2) is 8.21. The summed E-state index contributed by atoms with van der Waals surface area (Å²) in [5.41, 5.74) is 4.84. The van der Waals surface area contributed by atoms with Gasteiger partial charge in [0.15, 0.2) is 0 Å². The SMILES string of the molecule is O=C(Nc1cccc(Cl)c1)c1ccc2[nH]c(-c3ccc[nH]c3=O)c(-c3ccccc3)c2c1. The van der Waals surface area contributed by atoms with Gasteiger partial charge < -0.3 is 15.3 Å². The lowest BCUT2D eigenvalue weighted by Crippen LogP contribution is -2.11. The molecule has 6 heteroatoms. The van der Waals surface area contributed by atoms with Crippen LogP contribution < -0.4 is 10.9 Å². The average molecular weight is 440 g/mol. The molecule has 0 fully saturated rings. The van der Waals surface area contributed by atoms with Crippen molar-refractivity contribution >= 4 is 34.1 Å². The Morgan fingerprint density at radius 1 is 0.875 bits per heavy atom. The second-order valence-corrected chi connectivity index (χ2v) is 7.82. The number of aromatic nitrogens is 2. The predicted molar refractivity (Wildman–Crippen MR) is 129 cm³/mol. The molecule has 0 saturated carbocycles. The first-order valence-electron chi connectivity index (χ1n) is 10.1. The lowest BCUT2D eigenvalue weighted by Gasteiger charge is -2.07. The summed E-state index contributed by atoms with van der Waals surface area (Å²) in [7, 11) is 0. The van der Waals surface area contributed by atoms with Crippen molar-refractivity contribution in [2.24, 2.45) is 0 Å². The number of amides is 1. The summed E-state index contributed by atoms with van der Waals surface area (Å²) in [6.07, 6.45) is 1.61. The molecule has 1 amide bonds. The van der Waals surface area contributed by atoms with Crippen LogP contribution in [0, 0.1) is 0 Å².